The van der Waals surface area contributed by atoms with E-state index in [1.54, 1.807) is 18.2 Å². The van der Waals surface area contributed by atoms with Gasteiger partial charge in [0.1, 0.15) is 5.56 Å². The van der Waals surface area contributed by atoms with Crippen molar-refractivity contribution < 1.29 is 9.90 Å². The van der Waals surface area contributed by atoms with Crippen molar-refractivity contribution >= 4 is 23.3 Å². The van der Waals surface area contributed by atoms with Crippen LogP contribution in [0.15, 0.2) is 18.2 Å². The zero-order valence-electron chi connectivity index (χ0n) is 10.9. The summed E-state index contributed by atoms with van der Waals surface area (Å²) in [5.41, 5.74) is 0.750. The fourth-order valence-electron chi connectivity index (χ4n) is 1.90. The lowest BCUT2D eigenvalue weighted by Crippen LogP contribution is -2.17. The van der Waals surface area contributed by atoms with Crippen LogP contribution in [-0.4, -0.2) is 17.1 Å². The summed E-state index contributed by atoms with van der Waals surface area (Å²) in [6, 6.07) is 5.35. The maximum absolute atomic E-state index is 11.2. The van der Waals surface area contributed by atoms with Gasteiger partial charge in [0, 0.05) is 6.04 Å². The maximum Gasteiger partial charge on any atom is 0.339 e. The van der Waals surface area contributed by atoms with E-state index >= 15 is 0 Å². The Bertz CT molecular complexity index is 407. The fraction of sp³-hybridized carbons (Fsp3) is 0.500. The van der Waals surface area contributed by atoms with Crippen LogP contribution in [0.3, 0.4) is 0 Å². The number of carbonyl (C=O) groups is 1. The summed E-state index contributed by atoms with van der Waals surface area (Å²) in [4.78, 5) is 11.2. The summed E-state index contributed by atoms with van der Waals surface area (Å²) in [7, 11) is 0. The quantitative estimate of drug-likeness (QED) is 0.721. The van der Waals surface area contributed by atoms with E-state index in [4.69, 9.17) is 16.7 Å². The Kier molecular flexibility index (Phi) is 5.99. The first-order valence-corrected chi connectivity index (χ1v) is 6.72. The SMILES string of the molecule is CCCCCC(C)Nc1cccc(Cl)c1C(=O)O. The molecule has 0 heterocycles. The highest BCUT2D eigenvalue weighted by Crippen LogP contribution is 2.25. The summed E-state index contributed by atoms with van der Waals surface area (Å²) >= 11 is 5.91. The molecule has 1 atom stereocenters. The van der Waals surface area contributed by atoms with Crippen molar-refractivity contribution in [1.82, 2.24) is 0 Å². The average Bonchev–Trinajstić information content (AvgIpc) is 2.28. The number of aromatic carboxylic acids is 1. The second kappa shape index (κ2) is 7.27. The molecule has 18 heavy (non-hydrogen) atoms. The fourth-order valence-corrected chi connectivity index (χ4v) is 2.16. The number of rotatable bonds is 7. The van der Waals surface area contributed by atoms with Gasteiger partial charge in [-0.15, -0.1) is 0 Å². The standard InChI is InChI=1S/C14H20ClNO2/c1-3-4-5-7-10(2)16-12-9-6-8-11(15)13(12)14(17)18/h6,8-10,16H,3-5,7H2,1-2H3,(H,17,18). The first-order chi connectivity index (χ1) is 8.56. The molecule has 0 fully saturated rings. The molecule has 1 unspecified atom stereocenters. The predicted molar refractivity (Wildman–Crippen MR) is 75.6 cm³/mol. The van der Waals surface area contributed by atoms with Crippen molar-refractivity contribution in [3.8, 4) is 0 Å². The number of hydrogen-bond donors (Lipinski definition) is 2. The van der Waals surface area contributed by atoms with Gasteiger partial charge in [-0.1, -0.05) is 43.9 Å². The number of unbranched alkanes of at least 4 members (excludes halogenated alkanes) is 2. The van der Waals surface area contributed by atoms with Crippen LogP contribution in [0.4, 0.5) is 5.69 Å². The smallest absolute Gasteiger partial charge is 0.339 e. The van der Waals surface area contributed by atoms with Crippen molar-refractivity contribution in [2.75, 3.05) is 5.32 Å². The zero-order valence-corrected chi connectivity index (χ0v) is 11.6. The molecule has 0 radical (unpaired) electrons. The molecule has 0 aliphatic carbocycles. The second-order valence-corrected chi connectivity index (χ2v) is 4.92. The number of carboxylic acids is 1. The average molecular weight is 270 g/mol. The molecule has 4 heteroatoms. The minimum atomic E-state index is -0.996. The molecule has 1 rings (SSSR count). The first kappa shape index (κ1) is 14.8. The highest BCUT2D eigenvalue weighted by Gasteiger charge is 2.15. The Morgan fingerprint density at radius 3 is 2.78 bits per heavy atom. The van der Waals surface area contributed by atoms with Gasteiger partial charge in [0.2, 0.25) is 0 Å². The summed E-state index contributed by atoms with van der Waals surface area (Å²) in [6.45, 7) is 4.22. The molecule has 0 aliphatic rings. The third kappa shape index (κ3) is 4.22. The summed E-state index contributed by atoms with van der Waals surface area (Å²) in [5, 5.41) is 12.6. The molecule has 0 bridgehead atoms. The number of halogens is 1. The Morgan fingerprint density at radius 1 is 1.44 bits per heavy atom. The molecule has 0 saturated carbocycles. The Hall–Kier alpha value is -1.22. The summed E-state index contributed by atoms with van der Waals surface area (Å²) in [5.74, 6) is -0.996. The Morgan fingerprint density at radius 2 is 2.17 bits per heavy atom. The topological polar surface area (TPSA) is 49.3 Å². The van der Waals surface area contributed by atoms with Crippen LogP contribution in [0, 0.1) is 0 Å². The molecule has 100 valence electrons. The molecular formula is C14H20ClNO2. The van der Waals surface area contributed by atoms with Crippen LogP contribution < -0.4 is 5.32 Å². The summed E-state index contributed by atoms with van der Waals surface area (Å²) in [6.07, 6.45) is 4.56. The van der Waals surface area contributed by atoms with Crippen LogP contribution >= 0.6 is 11.6 Å². The molecule has 0 spiro atoms. The highest BCUT2D eigenvalue weighted by atomic mass is 35.5. The van der Waals surface area contributed by atoms with E-state index in [0.717, 1.165) is 12.8 Å². The second-order valence-electron chi connectivity index (χ2n) is 4.51. The van der Waals surface area contributed by atoms with Crippen LogP contribution in [0.25, 0.3) is 0 Å². The van der Waals surface area contributed by atoms with E-state index in [1.807, 2.05) is 0 Å². The number of benzene rings is 1. The molecule has 1 aromatic rings. The lowest BCUT2D eigenvalue weighted by atomic mass is 10.1. The Labute approximate surface area is 113 Å². The van der Waals surface area contributed by atoms with Crippen LogP contribution in [0.1, 0.15) is 49.9 Å². The lowest BCUT2D eigenvalue weighted by Gasteiger charge is -2.17. The molecule has 2 N–H and O–H groups in total. The van der Waals surface area contributed by atoms with Gasteiger partial charge >= 0.3 is 5.97 Å². The van der Waals surface area contributed by atoms with E-state index in [0.29, 0.717) is 5.69 Å². The van der Waals surface area contributed by atoms with Gasteiger partial charge in [0.15, 0.2) is 0 Å². The molecular weight excluding hydrogens is 250 g/mol. The lowest BCUT2D eigenvalue weighted by molar-refractivity contribution is 0.0698. The van der Waals surface area contributed by atoms with Gasteiger partial charge < -0.3 is 10.4 Å². The largest absolute Gasteiger partial charge is 0.478 e. The molecule has 0 aromatic heterocycles. The van der Waals surface area contributed by atoms with Crippen molar-refractivity contribution in [2.24, 2.45) is 0 Å². The minimum Gasteiger partial charge on any atom is -0.478 e. The van der Waals surface area contributed by atoms with Crippen LogP contribution in [0.2, 0.25) is 5.02 Å². The predicted octanol–water partition coefficient (Wildman–Crippen LogP) is 4.42. The Balaban J connectivity index is 2.72. The maximum atomic E-state index is 11.2. The number of hydrogen-bond acceptors (Lipinski definition) is 2. The highest BCUT2D eigenvalue weighted by molar-refractivity contribution is 6.34. The van der Waals surface area contributed by atoms with E-state index in [-0.39, 0.29) is 16.6 Å². The van der Waals surface area contributed by atoms with Crippen molar-refractivity contribution in [1.29, 1.82) is 0 Å². The number of carboxylic acid groups (broad SMARTS) is 1. The monoisotopic (exact) mass is 269 g/mol. The van der Waals surface area contributed by atoms with E-state index < -0.39 is 5.97 Å². The van der Waals surface area contributed by atoms with Gasteiger partial charge in [-0.2, -0.15) is 0 Å². The molecule has 1 aromatic carbocycles. The minimum absolute atomic E-state index is 0.154. The van der Waals surface area contributed by atoms with E-state index in [2.05, 4.69) is 19.2 Å². The van der Waals surface area contributed by atoms with Gasteiger partial charge in [0.05, 0.1) is 10.7 Å². The van der Waals surface area contributed by atoms with Crippen LogP contribution in [0.5, 0.6) is 0 Å². The van der Waals surface area contributed by atoms with E-state index in [9.17, 15) is 4.79 Å². The summed E-state index contributed by atoms with van der Waals surface area (Å²) < 4.78 is 0. The van der Waals surface area contributed by atoms with Crippen molar-refractivity contribution in [3.63, 3.8) is 0 Å². The molecule has 3 nitrogen and oxygen atoms in total. The normalized spacial score (nSPS) is 12.2. The third-order valence-corrected chi connectivity index (χ3v) is 3.19. The van der Waals surface area contributed by atoms with Crippen molar-refractivity contribution in [3.05, 3.63) is 28.8 Å². The molecule has 0 amide bonds. The first-order valence-electron chi connectivity index (χ1n) is 6.34. The van der Waals surface area contributed by atoms with Crippen LogP contribution in [-0.2, 0) is 0 Å². The number of anilines is 1. The van der Waals surface area contributed by atoms with Gasteiger partial charge in [-0.05, 0) is 25.5 Å². The third-order valence-electron chi connectivity index (χ3n) is 2.87. The van der Waals surface area contributed by atoms with Gasteiger partial charge in [-0.25, -0.2) is 4.79 Å². The molecule has 0 aliphatic heterocycles. The van der Waals surface area contributed by atoms with E-state index in [1.165, 1.54) is 12.8 Å². The van der Waals surface area contributed by atoms with Gasteiger partial charge in [-0.3, -0.25) is 0 Å². The zero-order chi connectivity index (χ0) is 13.5. The van der Waals surface area contributed by atoms with Crippen molar-refractivity contribution in [2.45, 2.75) is 45.6 Å². The molecule has 0 saturated heterocycles. The van der Waals surface area contributed by atoms with Gasteiger partial charge in [0.25, 0.3) is 0 Å². The number of nitrogens with one attached hydrogen (secondary N) is 1.